The molecule has 28 heavy (non-hydrogen) atoms. The lowest BCUT2D eigenvalue weighted by molar-refractivity contribution is 0.321. The molecule has 0 bridgehead atoms. The van der Waals surface area contributed by atoms with Gasteiger partial charge < -0.3 is 14.0 Å². The van der Waals surface area contributed by atoms with Crippen molar-refractivity contribution in [2.45, 2.75) is 19.4 Å². The van der Waals surface area contributed by atoms with Crippen LogP contribution in [0.4, 0.5) is 0 Å². The van der Waals surface area contributed by atoms with Gasteiger partial charge in [0.05, 0.1) is 31.1 Å². The third-order valence-electron chi connectivity index (χ3n) is 4.89. The fourth-order valence-corrected chi connectivity index (χ4v) is 3.31. The summed E-state index contributed by atoms with van der Waals surface area (Å²) in [6, 6.07) is 24.7. The molecule has 4 rings (SSSR count). The topological polar surface area (TPSA) is 36.3 Å². The average molecular weight is 372 g/mol. The molecule has 4 nitrogen and oxygen atoms in total. The Balaban J connectivity index is 1.32. The van der Waals surface area contributed by atoms with E-state index < -0.39 is 0 Å². The first-order chi connectivity index (χ1) is 13.8. The van der Waals surface area contributed by atoms with E-state index in [0.29, 0.717) is 6.61 Å². The molecule has 0 radical (unpaired) electrons. The van der Waals surface area contributed by atoms with E-state index >= 15 is 0 Å². The fraction of sp³-hybridized carbons (Fsp3) is 0.208. The van der Waals surface area contributed by atoms with E-state index in [2.05, 4.69) is 52.0 Å². The van der Waals surface area contributed by atoms with Crippen LogP contribution in [0.2, 0.25) is 0 Å². The molecule has 0 unspecified atom stereocenters. The number of aromatic nitrogens is 2. The van der Waals surface area contributed by atoms with E-state index in [1.165, 1.54) is 16.6 Å². The Morgan fingerprint density at radius 2 is 1.68 bits per heavy atom. The van der Waals surface area contributed by atoms with Crippen LogP contribution in [0.15, 0.2) is 79.1 Å². The van der Waals surface area contributed by atoms with Gasteiger partial charge in [-0.3, -0.25) is 0 Å². The van der Waals surface area contributed by atoms with Crippen LogP contribution in [0.3, 0.4) is 0 Å². The van der Waals surface area contributed by atoms with Gasteiger partial charge in [0.2, 0.25) is 0 Å². The van der Waals surface area contributed by atoms with E-state index in [9.17, 15) is 0 Å². The Bertz CT molecular complexity index is 1040. The highest BCUT2D eigenvalue weighted by atomic mass is 16.5. The lowest BCUT2D eigenvalue weighted by atomic mass is 10.1. The van der Waals surface area contributed by atoms with Crippen molar-refractivity contribution >= 4 is 11.0 Å². The maximum atomic E-state index is 5.96. The minimum absolute atomic E-state index is 0.655. The second kappa shape index (κ2) is 8.61. The third-order valence-corrected chi connectivity index (χ3v) is 4.89. The first kappa shape index (κ1) is 18.1. The maximum Gasteiger partial charge on any atom is 0.119 e. The SMILES string of the molecule is COc1ccc(CCOc2cccc(CCn3cnc4ccccc43)c2)cc1. The monoisotopic (exact) mass is 372 g/mol. The van der Waals surface area contributed by atoms with Crippen molar-refractivity contribution in [3.8, 4) is 11.5 Å². The first-order valence-corrected chi connectivity index (χ1v) is 9.56. The molecular formula is C24H24N2O2. The van der Waals surface area contributed by atoms with Gasteiger partial charge in [0.15, 0.2) is 0 Å². The number of rotatable bonds is 8. The highest BCUT2D eigenvalue weighted by Crippen LogP contribution is 2.17. The lowest BCUT2D eigenvalue weighted by Crippen LogP contribution is -2.03. The molecule has 1 heterocycles. The smallest absolute Gasteiger partial charge is 0.119 e. The van der Waals surface area contributed by atoms with Gasteiger partial charge in [0, 0.05) is 13.0 Å². The third kappa shape index (κ3) is 4.34. The number of aryl methyl sites for hydroxylation is 2. The highest BCUT2D eigenvalue weighted by molar-refractivity contribution is 5.74. The van der Waals surface area contributed by atoms with Gasteiger partial charge in [0.25, 0.3) is 0 Å². The van der Waals surface area contributed by atoms with E-state index in [-0.39, 0.29) is 0 Å². The minimum atomic E-state index is 0.655. The van der Waals surface area contributed by atoms with Crippen LogP contribution >= 0.6 is 0 Å². The zero-order valence-electron chi connectivity index (χ0n) is 16.0. The van der Waals surface area contributed by atoms with Crippen molar-refractivity contribution < 1.29 is 9.47 Å². The van der Waals surface area contributed by atoms with Crippen LogP contribution < -0.4 is 9.47 Å². The molecule has 4 aromatic rings. The fourth-order valence-electron chi connectivity index (χ4n) is 3.31. The van der Waals surface area contributed by atoms with E-state index in [0.717, 1.165) is 36.4 Å². The zero-order chi connectivity index (χ0) is 19.2. The zero-order valence-corrected chi connectivity index (χ0v) is 16.0. The molecule has 0 aliphatic rings. The number of imidazole rings is 1. The van der Waals surface area contributed by atoms with Crippen molar-refractivity contribution in [2.75, 3.05) is 13.7 Å². The van der Waals surface area contributed by atoms with Gasteiger partial charge in [-0.25, -0.2) is 4.98 Å². The van der Waals surface area contributed by atoms with E-state index in [1.54, 1.807) is 7.11 Å². The largest absolute Gasteiger partial charge is 0.497 e. The Labute approximate surface area is 165 Å². The van der Waals surface area contributed by atoms with Gasteiger partial charge >= 0.3 is 0 Å². The van der Waals surface area contributed by atoms with Gasteiger partial charge in [-0.15, -0.1) is 0 Å². The quantitative estimate of drug-likeness (QED) is 0.441. The van der Waals surface area contributed by atoms with Crippen molar-refractivity contribution in [1.29, 1.82) is 0 Å². The van der Waals surface area contributed by atoms with Gasteiger partial charge in [-0.05, 0) is 53.9 Å². The summed E-state index contributed by atoms with van der Waals surface area (Å²) in [7, 11) is 1.68. The molecule has 4 heteroatoms. The molecule has 0 amide bonds. The summed E-state index contributed by atoms with van der Waals surface area (Å²) in [6.07, 6.45) is 3.73. The standard InChI is InChI=1S/C24H24N2O2/c1-27-21-11-9-19(10-12-21)14-16-28-22-6-4-5-20(17-22)13-15-26-18-25-23-7-2-3-8-24(23)26/h2-12,17-18H,13-16H2,1H3. The van der Waals surface area contributed by atoms with Crippen LogP contribution in [-0.2, 0) is 19.4 Å². The molecule has 0 N–H and O–H groups in total. The number of hydrogen-bond donors (Lipinski definition) is 0. The molecule has 0 atom stereocenters. The number of hydrogen-bond acceptors (Lipinski definition) is 3. The molecule has 0 fully saturated rings. The Morgan fingerprint density at radius 1 is 0.821 bits per heavy atom. The number of nitrogens with zero attached hydrogens (tertiary/aromatic N) is 2. The molecule has 0 spiro atoms. The highest BCUT2D eigenvalue weighted by Gasteiger charge is 2.03. The summed E-state index contributed by atoms with van der Waals surface area (Å²) >= 11 is 0. The Hall–Kier alpha value is -3.27. The van der Waals surface area contributed by atoms with E-state index in [1.807, 2.05) is 36.7 Å². The molecule has 0 saturated carbocycles. The summed E-state index contributed by atoms with van der Waals surface area (Å²) in [4.78, 5) is 4.46. The predicted molar refractivity (Wildman–Crippen MR) is 112 cm³/mol. The van der Waals surface area contributed by atoms with Crippen molar-refractivity contribution in [3.05, 3.63) is 90.3 Å². The second-order valence-corrected chi connectivity index (χ2v) is 6.77. The number of fused-ring (bicyclic) bond motifs is 1. The Kier molecular flexibility index (Phi) is 5.57. The van der Waals surface area contributed by atoms with Gasteiger partial charge in [0.1, 0.15) is 11.5 Å². The van der Waals surface area contributed by atoms with Crippen LogP contribution in [0, 0.1) is 0 Å². The van der Waals surface area contributed by atoms with Crippen LogP contribution in [0.1, 0.15) is 11.1 Å². The molecular weight excluding hydrogens is 348 g/mol. The van der Waals surface area contributed by atoms with Crippen LogP contribution in [-0.4, -0.2) is 23.3 Å². The number of benzene rings is 3. The molecule has 3 aromatic carbocycles. The second-order valence-electron chi connectivity index (χ2n) is 6.77. The number of ether oxygens (including phenoxy) is 2. The molecule has 1 aromatic heterocycles. The summed E-state index contributed by atoms with van der Waals surface area (Å²) in [5, 5.41) is 0. The molecule has 0 aliphatic carbocycles. The Morgan fingerprint density at radius 3 is 2.54 bits per heavy atom. The molecule has 142 valence electrons. The summed E-state index contributed by atoms with van der Waals surface area (Å²) in [5.74, 6) is 1.80. The van der Waals surface area contributed by atoms with Crippen molar-refractivity contribution in [1.82, 2.24) is 9.55 Å². The number of methoxy groups -OCH3 is 1. The number of para-hydroxylation sites is 2. The normalized spacial score (nSPS) is 10.9. The first-order valence-electron chi connectivity index (χ1n) is 9.56. The summed E-state index contributed by atoms with van der Waals surface area (Å²) in [5.41, 5.74) is 4.72. The predicted octanol–water partition coefficient (Wildman–Crippen LogP) is 4.91. The van der Waals surface area contributed by atoms with Crippen LogP contribution in [0.5, 0.6) is 11.5 Å². The summed E-state index contributed by atoms with van der Waals surface area (Å²) < 4.78 is 13.4. The molecule has 0 aliphatic heterocycles. The lowest BCUT2D eigenvalue weighted by Gasteiger charge is -2.09. The van der Waals surface area contributed by atoms with E-state index in [4.69, 9.17) is 9.47 Å². The maximum absolute atomic E-state index is 5.96. The van der Waals surface area contributed by atoms with Crippen molar-refractivity contribution in [3.63, 3.8) is 0 Å². The van der Waals surface area contributed by atoms with Crippen LogP contribution in [0.25, 0.3) is 11.0 Å². The minimum Gasteiger partial charge on any atom is -0.497 e. The van der Waals surface area contributed by atoms with Gasteiger partial charge in [-0.1, -0.05) is 36.4 Å². The molecule has 0 saturated heterocycles. The summed E-state index contributed by atoms with van der Waals surface area (Å²) in [6.45, 7) is 1.55. The van der Waals surface area contributed by atoms with Gasteiger partial charge in [-0.2, -0.15) is 0 Å². The van der Waals surface area contributed by atoms with Crippen molar-refractivity contribution in [2.24, 2.45) is 0 Å². The average Bonchev–Trinajstić information content (AvgIpc) is 3.16.